The third-order valence-corrected chi connectivity index (χ3v) is 3.92. The molecule has 0 aliphatic heterocycles. The van der Waals surface area contributed by atoms with Gasteiger partial charge in [-0.25, -0.2) is 0 Å². The maximum Gasteiger partial charge on any atom is 0.0208 e. The monoisotopic (exact) mass is 248 g/mol. The van der Waals surface area contributed by atoms with Gasteiger partial charge in [-0.2, -0.15) is 0 Å². The molecule has 1 aromatic carbocycles. The predicted octanol–water partition coefficient (Wildman–Crippen LogP) is 2.93. The average Bonchev–Trinajstić information content (AvgIpc) is 2.30. The van der Waals surface area contributed by atoms with Crippen LogP contribution in [-0.2, 0) is 6.54 Å². The summed E-state index contributed by atoms with van der Waals surface area (Å²) in [7, 11) is 0. The Morgan fingerprint density at radius 3 is 2.22 bits per heavy atom. The number of nitrogens with two attached hydrogens (primary N) is 1. The summed E-state index contributed by atoms with van der Waals surface area (Å²) in [6, 6.07) is 4.57. The van der Waals surface area contributed by atoms with Gasteiger partial charge in [0.25, 0.3) is 0 Å². The zero-order valence-electron chi connectivity index (χ0n) is 12.5. The van der Waals surface area contributed by atoms with Crippen molar-refractivity contribution in [1.82, 2.24) is 5.32 Å². The van der Waals surface area contributed by atoms with Crippen molar-refractivity contribution in [2.45, 2.75) is 41.2 Å². The molecule has 1 unspecified atom stereocenters. The number of hydrogen-bond acceptors (Lipinski definition) is 2. The van der Waals surface area contributed by atoms with Gasteiger partial charge in [-0.1, -0.05) is 26.0 Å². The van der Waals surface area contributed by atoms with Gasteiger partial charge in [-0.3, -0.25) is 0 Å². The molecule has 0 radical (unpaired) electrons. The lowest BCUT2D eigenvalue weighted by atomic mass is 9.95. The fraction of sp³-hybridized carbons (Fsp3) is 0.625. The molecule has 102 valence electrons. The van der Waals surface area contributed by atoms with Crippen LogP contribution in [0, 0.1) is 32.6 Å². The normalized spacial score (nSPS) is 13.1. The first kappa shape index (κ1) is 15.2. The lowest BCUT2D eigenvalue weighted by Crippen LogP contribution is -2.31. The van der Waals surface area contributed by atoms with Crippen LogP contribution >= 0.6 is 0 Å². The topological polar surface area (TPSA) is 38.0 Å². The van der Waals surface area contributed by atoms with E-state index in [1.165, 1.54) is 22.3 Å². The first-order chi connectivity index (χ1) is 8.45. The van der Waals surface area contributed by atoms with Gasteiger partial charge in [0.05, 0.1) is 0 Å². The summed E-state index contributed by atoms with van der Waals surface area (Å²) in [5, 5.41) is 3.54. The van der Waals surface area contributed by atoms with Crippen LogP contribution in [-0.4, -0.2) is 13.1 Å². The molecule has 0 aromatic heterocycles. The molecule has 3 N–H and O–H groups in total. The van der Waals surface area contributed by atoms with Gasteiger partial charge in [-0.15, -0.1) is 0 Å². The lowest BCUT2D eigenvalue weighted by molar-refractivity contribution is 0.370. The molecule has 0 amide bonds. The highest BCUT2D eigenvalue weighted by Crippen LogP contribution is 2.15. The van der Waals surface area contributed by atoms with Crippen molar-refractivity contribution in [1.29, 1.82) is 0 Å². The van der Waals surface area contributed by atoms with Gasteiger partial charge < -0.3 is 11.1 Å². The standard InChI is InChI=1S/C16H28N2/c1-11(2)16(8-17)10-18-9-15-7-13(4)12(3)6-14(15)5/h6-7,11,16,18H,8-10,17H2,1-5H3. The summed E-state index contributed by atoms with van der Waals surface area (Å²) in [6.45, 7) is 13.7. The molecular weight excluding hydrogens is 220 g/mol. The smallest absolute Gasteiger partial charge is 0.0208 e. The molecule has 1 atom stereocenters. The minimum absolute atomic E-state index is 0.567. The van der Waals surface area contributed by atoms with Gasteiger partial charge in [0.15, 0.2) is 0 Å². The van der Waals surface area contributed by atoms with Crippen LogP contribution in [0.4, 0.5) is 0 Å². The molecule has 0 saturated heterocycles. The highest BCUT2D eigenvalue weighted by atomic mass is 14.9. The number of rotatable bonds is 6. The molecule has 0 bridgehead atoms. The van der Waals surface area contributed by atoms with Crippen LogP contribution in [0.15, 0.2) is 12.1 Å². The first-order valence-electron chi connectivity index (χ1n) is 6.93. The molecule has 0 saturated carbocycles. The molecule has 18 heavy (non-hydrogen) atoms. The molecule has 0 aliphatic carbocycles. The molecule has 2 heteroatoms. The molecular formula is C16H28N2. The van der Waals surface area contributed by atoms with Crippen LogP contribution < -0.4 is 11.1 Å². The van der Waals surface area contributed by atoms with E-state index in [0.717, 1.165) is 19.6 Å². The maximum atomic E-state index is 5.79. The summed E-state index contributed by atoms with van der Waals surface area (Å²) in [6.07, 6.45) is 0. The third kappa shape index (κ3) is 4.11. The van der Waals surface area contributed by atoms with Crippen LogP contribution in [0.3, 0.4) is 0 Å². The molecule has 0 heterocycles. The summed E-state index contributed by atoms with van der Waals surface area (Å²) in [5.74, 6) is 1.21. The van der Waals surface area contributed by atoms with Gasteiger partial charge in [-0.05, 0) is 68.0 Å². The van der Waals surface area contributed by atoms with Crippen molar-refractivity contribution in [3.8, 4) is 0 Å². The molecule has 0 aliphatic rings. The summed E-state index contributed by atoms with van der Waals surface area (Å²) in [4.78, 5) is 0. The van der Waals surface area contributed by atoms with Crippen LogP contribution in [0.25, 0.3) is 0 Å². The number of hydrogen-bond donors (Lipinski definition) is 2. The SMILES string of the molecule is Cc1cc(C)c(CNCC(CN)C(C)C)cc1C. The lowest BCUT2D eigenvalue weighted by Gasteiger charge is -2.20. The molecule has 0 fully saturated rings. The Labute approximate surface area is 112 Å². The van der Waals surface area contributed by atoms with Crippen molar-refractivity contribution in [3.05, 3.63) is 34.4 Å². The second-order valence-corrected chi connectivity index (χ2v) is 5.73. The fourth-order valence-electron chi connectivity index (χ4n) is 2.19. The summed E-state index contributed by atoms with van der Waals surface area (Å²) in [5.41, 5.74) is 11.3. The van der Waals surface area contributed by atoms with E-state index < -0.39 is 0 Å². The number of nitrogens with one attached hydrogen (secondary N) is 1. The van der Waals surface area contributed by atoms with Crippen molar-refractivity contribution >= 4 is 0 Å². The Morgan fingerprint density at radius 1 is 1.06 bits per heavy atom. The van der Waals surface area contributed by atoms with E-state index in [-0.39, 0.29) is 0 Å². The van der Waals surface area contributed by atoms with Gasteiger partial charge in [0.2, 0.25) is 0 Å². The fourth-order valence-corrected chi connectivity index (χ4v) is 2.19. The molecule has 2 nitrogen and oxygen atoms in total. The van der Waals surface area contributed by atoms with Gasteiger partial charge >= 0.3 is 0 Å². The van der Waals surface area contributed by atoms with Crippen molar-refractivity contribution in [2.24, 2.45) is 17.6 Å². The minimum atomic E-state index is 0.567. The zero-order chi connectivity index (χ0) is 13.7. The Kier molecular flexibility index (Phi) is 5.83. The second kappa shape index (κ2) is 6.91. The van der Waals surface area contributed by atoms with Crippen LogP contribution in [0.5, 0.6) is 0 Å². The van der Waals surface area contributed by atoms with Crippen molar-refractivity contribution in [2.75, 3.05) is 13.1 Å². The third-order valence-electron chi connectivity index (χ3n) is 3.92. The molecule has 0 spiro atoms. The maximum absolute atomic E-state index is 5.79. The Balaban J connectivity index is 2.56. The van der Waals surface area contributed by atoms with Crippen molar-refractivity contribution < 1.29 is 0 Å². The Hall–Kier alpha value is -0.860. The van der Waals surface area contributed by atoms with Gasteiger partial charge in [0, 0.05) is 6.54 Å². The van der Waals surface area contributed by atoms with E-state index in [4.69, 9.17) is 5.73 Å². The summed E-state index contributed by atoms with van der Waals surface area (Å²) < 4.78 is 0. The van der Waals surface area contributed by atoms with Gasteiger partial charge in [0.1, 0.15) is 0 Å². The first-order valence-corrected chi connectivity index (χ1v) is 6.93. The zero-order valence-corrected chi connectivity index (χ0v) is 12.5. The highest BCUT2D eigenvalue weighted by Gasteiger charge is 2.10. The minimum Gasteiger partial charge on any atom is -0.330 e. The van der Waals surface area contributed by atoms with E-state index in [1.807, 2.05) is 0 Å². The molecule has 1 rings (SSSR count). The number of aryl methyl sites for hydroxylation is 3. The van der Waals surface area contributed by atoms with E-state index >= 15 is 0 Å². The Bertz CT molecular complexity index is 383. The van der Waals surface area contributed by atoms with Crippen molar-refractivity contribution in [3.63, 3.8) is 0 Å². The quantitative estimate of drug-likeness (QED) is 0.812. The van der Waals surface area contributed by atoms with Crippen LogP contribution in [0.2, 0.25) is 0 Å². The average molecular weight is 248 g/mol. The predicted molar refractivity (Wildman–Crippen MR) is 79.7 cm³/mol. The largest absolute Gasteiger partial charge is 0.330 e. The Morgan fingerprint density at radius 2 is 1.67 bits per heavy atom. The highest BCUT2D eigenvalue weighted by molar-refractivity contribution is 5.36. The van der Waals surface area contributed by atoms with E-state index in [0.29, 0.717) is 11.8 Å². The summed E-state index contributed by atoms with van der Waals surface area (Å²) >= 11 is 0. The van der Waals surface area contributed by atoms with E-state index in [2.05, 4.69) is 52.1 Å². The molecule has 1 aromatic rings. The second-order valence-electron chi connectivity index (χ2n) is 5.73. The number of benzene rings is 1. The van der Waals surface area contributed by atoms with Crippen LogP contribution in [0.1, 0.15) is 36.1 Å². The van der Waals surface area contributed by atoms with E-state index in [1.54, 1.807) is 0 Å². The van der Waals surface area contributed by atoms with E-state index in [9.17, 15) is 0 Å².